The first-order valence-corrected chi connectivity index (χ1v) is 9.77. The highest BCUT2D eigenvalue weighted by Crippen LogP contribution is 2.42. The molecule has 1 saturated heterocycles. The van der Waals surface area contributed by atoms with Gasteiger partial charge in [0.25, 0.3) is 0 Å². The fourth-order valence-electron chi connectivity index (χ4n) is 3.84. The Hall–Kier alpha value is -1.75. The van der Waals surface area contributed by atoms with Crippen LogP contribution in [0.3, 0.4) is 0 Å². The lowest BCUT2D eigenvalue weighted by atomic mass is 9.96. The standard InChI is InChI=1S/C21H24N2OS/c24-15-5-10-22-11-13-23(14-12-22)19-16-17-6-1-3-8-20(17)25-21-9-4-2-7-18(19)21/h1-9,15,19,24H,10-14,16H2. The molecule has 3 nitrogen and oxygen atoms in total. The second kappa shape index (κ2) is 7.65. The van der Waals surface area contributed by atoms with Crippen molar-refractivity contribution in [3.8, 4) is 0 Å². The predicted molar refractivity (Wildman–Crippen MR) is 103 cm³/mol. The molecule has 1 unspecified atom stereocenters. The number of hydrogen-bond donors (Lipinski definition) is 1. The molecule has 1 atom stereocenters. The minimum atomic E-state index is 0.447. The van der Waals surface area contributed by atoms with E-state index in [4.69, 9.17) is 5.11 Å². The Kier molecular flexibility index (Phi) is 5.11. The van der Waals surface area contributed by atoms with Crippen LogP contribution in [0.1, 0.15) is 17.2 Å². The Balaban J connectivity index is 1.59. The molecular weight excluding hydrogens is 328 g/mol. The number of piperazine rings is 1. The quantitative estimate of drug-likeness (QED) is 0.841. The second-order valence-electron chi connectivity index (χ2n) is 6.69. The van der Waals surface area contributed by atoms with Gasteiger partial charge in [0.2, 0.25) is 0 Å². The highest BCUT2D eigenvalue weighted by Gasteiger charge is 2.29. The van der Waals surface area contributed by atoms with Gasteiger partial charge in [-0.3, -0.25) is 9.80 Å². The fraction of sp³-hybridized carbons (Fsp3) is 0.333. The Morgan fingerprint density at radius 3 is 2.48 bits per heavy atom. The van der Waals surface area contributed by atoms with Crippen LogP contribution in [0.15, 0.2) is 70.7 Å². The maximum Gasteiger partial charge on any atom is 0.0764 e. The number of hydrogen-bond acceptors (Lipinski definition) is 4. The number of benzene rings is 2. The summed E-state index contributed by atoms with van der Waals surface area (Å²) in [5.41, 5.74) is 2.92. The van der Waals surface area contributed by atoms with Crippen molar-refractivity contribution in [2.45, 2.75) is 22.3 Å². The Bertz CT molecular complexity index is 753. The molecule has 1 fully saturated rings. The van der Waals surface area contributed by atoms with Crippen molar-refractivity contribution in [1.82, 2.24) is 9.80 Å². The monoisotopic (exact) mass is 352 g/mol. The second-order valence-corrected chi connectivity index (χ2v) is 7.77. The third-order valence-electron chi connectivity index (χ3n) is 5.20. The molecule has 0 bridgehead atoms. The Morgan fingerprint density at radius 2 is 1.68 bits per heavy atom. The smallest absolute Gasteiger partial charge is 0.0764 e. The molecule has 0 aliphatic carbocycles. The molecule has 1 N–H and O–H groups in total. The Labute approximate surface area is 154 Å². The fourth-order valence-corrected chi connectivity index (χ4v) is 4.97. The van der Waals surface area contributed by atoms with Gasteiger partial charge in [0, 0.05) is 48.6 Å². The molecule has 4 heteroatoms. The van der Waals surface area contributed by atoms with Gasteiger partial charge in [-0.05, 0) is 35.8 Å². The van der Waals surface area contributed by atoms with E-state index in [0.29, 0.717) is 6.04 Å². The maximum atomic E-state index is 8.87. The van der Waals surface area contributed by atoms with Gasteiger partial charge in [-0.2, -0.15) is 0 Å². The molecule has 2 aliphatic heterocycles. The van der Waals surface area contributed by atoms with Crippen molar-refractivity contribution in [1.29, 1.82) is 0 Å². The molecule has 2 aliphatic rings. The molecule has 0 saturated carbocycles. The van der Waals surface area contributed by atoms with Gasteiger partial charge < -0.3 is 5.11 Å². The van der Waals surface area contributed by atoms with Gasteiger partial charge in [0.15, 0.2) is 0 Å². The van der Waals surface area contributed by atoms with Crippen LogP contribution in [0.4, 0.5) is 0 Å². The van der Waals surface area contributed by atoms with Crippen LogP contribution in [0.2, 0.25) is 0 Å². The molecule has 0 spiro atoms. The van der Waals surface area contributed by atoms with E-state index < -0.39 is 0 Å². The number of aliphatic hydroxyl groups is 1. The number of nitrogens with zero attached hydrogens (tertiary/aromatic N) is 2. The van der Waals surface area contributed by atoms with Crippen LogP contribution in [0, 0.1) is 0 Å². The van der Waals surface area contributed by atoms with Crippen molar-refractivity contribution >= 4 is 11.8 Å². The van der Waals surface area contributed by atoms with Gasteiger partial charge >= 0.3 is 0 Å². The van der Waals surface area contributed by atoms with Crippen LogP contribution < -0.4 is 0 Å². The zero-order chi connectivity index (χ0) is 17.1. The van der Waals surface area contributed by atoms with Gasteiger partial charge in [0.05, 0.1) is 6.26 Å². The van der Waals surface area contributed by atoms with Gasteiger partial charge in [-0.15, -0.1) is 0 Å². The van der Waals surface area contributed by atoms with E-state index in [9.17, 15) is 0 Å². The van der Waals surface area contributed by atoms with E-state index >= 15 is 0 Å². The Morgan fingerprint density at radius 1 is 0.960 bits per heavy atom. The average molecular weight is 353 g/mol. The van der Waals surface area contributed by atoms with Gasteiger partial charge in [-0.25, -0.2) is 0 Å². The zero-order valence-corrected chi connectivity index (χ0v) is 15.2. The summed E-state index contributed by atoms with van der Waals surface area (Å²) >= 11 is 1.91. The summed E-state index contributed by atoms with van der Waals surface area (Å²) in [6.45, 7) is 5.09. The summed E-state index contributed by atoms with van der Waals surface area (Å²) in [6.07, 6.45) is 4.06. The minimum absolute atomic E-state index is 0.447. The van der Waals surface area contributed by atoms with Gasteiger partial charge in [0.1, 0.15) is 0 Å². The number of fused-ring (bicyclic) bond motifs is 2. The molecule has 2 aromatic carbocycles. The van der Waals surface area contributed by atoms with E-state index in [1.54, 1.807) is 0 Å². The molecule has 0 aromatic heterocycles. The zero-order valence-electron chi connectivity index (χ0n) is 14.3. The molecule has 4 rings (SSSR count). The molecule has 0 radical (unpaired) electrons. The third kappa shape index (κ3) is 3.61. The lowest BCUT2D eigenvalue weighted by Gasteiger charge is -2.39. The van der Waals surface area contributed by atoms with Crippen LogP contribution in [-0.4, -0.2) is 47.6 Å². The highest BCUT2D eigenvalue weighted by molar-refractivity contribution is 7.99. The molecule has 0 amide bonds. The van der Waals surface area contributed by atoms with E-state index in [0.717, 1.165) is 45.4 Å². The molecular formula is C21H24N2OS. The summed E-state index contributed by atoms with van der Waals surface area (Å²) < 4.78 is 0. The van der Waals surface area contributed by atoms with Gasteiger partial charge in [-0.1, -0.05) is 48.2 Å². The SMILES string of the molecule is OC=CCN1CCN(C2Cc3ccccc3Sc3ccccc32)CC1. The van der Waals surface area contributed by atoms with Crippen molar-refractivity contribution in [3.05, 3.63) is 72.0 Å². The highest BCUT2D eigenvalue weighted by atomic mass is 32.2. The molecule has 25 heavy (non-hydrogen) atoms. The summed E-state index contributed by atoms with van der Waals surface area (Å²) in [5, 5.41) is 8.87. The topological polar surface area (TPSA) is 26.7 Å². The summed E-state index contributed by atoms with van der Waals surface area (Å²) in [5.74, 6) is 0. The minimum Gasteiger partial charge on any atom is -0.516 e. The lowest BCUT2D eigenvalue weighted by Crippen LogP contribution is -2.48. The summed E-state index contributed by atoms with van der Waals surface area (Å²) in [4.78, 5) is 7.82. The summed E-state index contributed by atoms with van der Waals surface area (Å²) in [7, 11) is 0. The number of rotatable bonds is 3. The normalized spacial score (nSPS) is 21.7. The van der Waals surface area contributed by atoms with Crippen LogP contribution in [-0.2, 0) is 6.42 Å². The van der Waals surface area contributed by atoms with E-state index in [1.165, 1.54) is 20.9 Å². The van der Waals surface area contributed by atoms with E-state index in [2.05, 4.69) is 58.3 Å². The van der Waals surface area contributed by atoms with Crippen LogP contribution in [0.5, 0.6) is 0 Å². The first-order valence-electron chi connectivity index (χ1n) is 8.95. The molecule has 2 aromatic rings. The van der Waals surface area contributed by atoms with Crippen molar-refractivity contribution in [2.75, 3.05) is 32.7 Å². The first-order chi connectivity index (χ1) is 12.3. The maximum absolute atomic E-state index is 8.87. The van der Waals surface area contributed by atoms with E-state index in [-0.39, 0.29) is 0 Å². The largest absolute Gasteiger partial charge is 0.516 e. The van der Waals surface area contributed by atoms with Crippen molar-refractivity contribution in [3.63, 3.8) is 0 Å². The third-order valence-corrected chi connectivity index (χ3v) is 6.41. The molecule has 2 heterocycles. The van der Waals surface area contributed by atoms with Crippen LogP contribution in [0.25, 0.3) is 0 Å². The molecule has 130 valence electrons. The average Bonchev–Trinajstić information content (AvgIpc) is 2.83. The van der Waals surface area contributed by atoms with Crippen LogP contribution >= 0.6 is 11.8 Å². The van der Waals surface area contributed by atoms with Crippen molar-refractivity contribution in [2.24, 2.45) is 0 Å². The van der Waals surface area contributed by atoms with Crippen molar-refractivity contribution < 1.29 is 5.11 Å². The first kappa shape index (κ1) is 16.7. The summed E-state index contributed by atoms with van der Waals surface area (Å²) in [6, 6.07) is 18.2. The number of aliphatic hydroxyl groups excluding tert-OH is 1. The predicted octanol–water partition coefficient (Wildman–Crippen LogP) is 4.12. The lowest BCUT2D eigenvalue weighted by molar-refractivity contribution is 0.101. The van der Waals surface area contributed by atoms with E-state index in [1.807, 2.05) is 17.8 Å².